The maximum Gasteiger partial charge on any atom is 0.264 e. The molecule has 0 unspecified atom stereocenters. The van der Waals surface area contributed by atoms with Crippen molar-refractivity contribution in [1.29, 1.82) is 0 Å². The zero-order valence-corrected chi connectivity index (χ0v) is 14.5. The van der Waals surface area contributed by atoms with Crippen molar-refractivity contribution in [3.63, 3.8) is 0 Å². The summed E-state index contributed by atoms with van der Waals surface area (Å²) in [6.45, 7) is 3.22. The molecule has 1 aliphatic rings. The number of carbonyl (C=O) groups excluding carboxylic acids is 1. The molecule has 0 bridgehead atoms. The Kier molecular flexibility index (Phi) is 3.35. The second kappa shape index (κ2) is 5.28. The van der Waals surface area contributed by atoms with Crippen LogP contribution >= 0.6 is 22.7 Å². The molecule has 0 saturated heterocycles. The van der Waals surface area contributed by atoms with Crippen LogP contribution in [0.4, 0.5) is 0 Å². The summed E-state index contributed by atoms with van der Waals surface area (Å²) < 4.78 is 1.45. The van der Waals surface area contributed by atoms with Gasteiger partial charge in [0.2, 0.25) is 0 Å². The zero-order valence-electron chi connectivity index (χ0n) is 12.8. The summed E-state index contributed by atoms with van der Waals surface area (Å²) in [4.78, 5) is 34.0. The van der Waals surface area contributed by atoms with Gasteiger partial charge in [0.25, 0.3) is 11.5 Å². The van der Waals surface area contributed by atoms with Crippen LogP contribution in [0.15, 0.2) is 22.6 Å². The van der Waals surface area contributed by atoms with Gasteiger partial charge in [0, 0.05) is 25.0 Å². The summed E-state index contributed by atoms with van der Waals surface area (Å²) in [5.41, 5.74) is 1.89. The number of fused-ring (bicyclic) bond motifs is 2. The van der Waals surface area contributed by atoms with Crippen molar-refractivity contribution in [3.05, 3.63) is 49.0 Å². The van der Waals surface area contributed by atoms with E-state index < -0.39 is 0 Å². The molecule has 23 heavy (non-hydrogen) atoms. The van der Waals surface area contributed by atoms with Crippen LogP contribution in [0.5, 0.6) is 0 Å². The maximum atomic E-state index is 12.9. The molecule has 118 valence electrons. The highest BCUT2D eigenvalue weighted by Crippen LogP contribution is 2.30. The molecular weight excluding hydrogens is 330 g/mol. The third-order valence-electron chi connectivity index (χ3n) is 4.30. The van der Waals surface area contributed by atoms with Crippen LogP contribution < -0.4 is 5.56 Å². The maximum absolute atomic E-state index is 12.9. The van der Waals surface area contributed by atoms with Crippen molar-refractivity contribution in [2.45, 2.75) is 19.9 Å². The van der Waals surface area contributed by atoms with Crippen molar-refractivity contribution in [3.8, 4) is 0 Å². The number of thiophene rings is 2. The van der Waals surface area contributed by atoms with Crippen molar-refractivity contribution in [2.75, 3.05) is 6.54 Å². The van der Waals surface area contributed by atoms with Crippen molar-refractivity contribution < 1.29 is 4.79 Å². The highest BCUT2D eigenvalue weighted by atomic mass is 32.1. The zero-order chi connectivity index (χ0) is 16.1. The molecule has 0 fully saturated rings. The first-order valence-electron chi connectivity index (χ1n) is 7.35. The lowest BCUT2D eigenvalue weighted by Crippen LogP contribution is -2.35. The van der Waals surface area contributed by atoms with Gasteiger partial charge in [0.05, 0.1) is 16.6 Å². The van der Waals surface area contributed by atoms with Crippen LogP contribution in [0.2, 0.25) is 0 Å². The Morgan fingerprint density at radius 2 is 2.22 bits per heavy atom. The Morgan fingerprint density at radius 1 is 1.39 bits per heavy atom. The predicted molar refractivity (Wildman–Crippen MR) is 92.4 cm³/mol. The number of hydrogen-bond acceptors (Lipinski definition) is 5. The molecule has 0 spiro atoms. The van der Waals surface area contributed by atoms with Gasteiger partial charge in [-0.25, -0.2) is 4.98 Å². The van der Waals surface area contributed by atoms with E-state index in [0.29, 0.717) is 21.6 Å². The van der Waals surface area contributed by atoms with Gasteiger partial charge in [-0.05, 0) is 35.9 Å². The second-order valence-electron chi connectivity index (χ2n) is 5.74. The number of aromatic nitrogens is 2. The van der Waals surface area contributed by atoms with Gasteiger partial charge in [0.1, 0.15) is 4.83 Å². The minimum atomic E-state index is -0.0958. The van der Waals surface area contributed by atoms with Crippen molar-refractivity contribution in [1.82, 2.24) is 14.5 Å². The number of hydrogen-bond donors (Lipinski definition) is 0. The fourth-order valence-corrected chi connectivity index (χ4v) is 4.98. The monoisotopic (exact) mass is 345 g/mol. The van der Waals surface area contributed by atoms with Crippen LogP contribution in [0.3, 0.4) is 0 Å². The molecule has 0 N–H and O–H groups in total. The number of rotatable bonds is 1. The first-order valence-corrected chi connectivity index (χ1v) is 9.05. The molecule has 0 saturated carbocycles. The van der Waals surface area contributed by atoms with Crippen LogP contribution in [0.25, 0.3) is 10.2 Å². The van der Waals surface area contributed by atoms with Crippen molar-refractivity contribution >= 4 is 38.8 Å². The minimum Gasteiger partial charge on any atom is -0.333 e. The highest BCUT2D eigenvalue weighted by Gasteiger charge is 2.26. The Labute approximate surface area is 140 Å². The van der Waals surface area contributed by atoms with Gasteiger partial charge < -0.3 is 9.47 Å². The molecule has 3 aromatic rings. The summed E-state index contributed by atoms with van der Waals surface area (Å²) >= 11 is 3.07. The van der Waals surface area contributed by atoms with Gasteiger partial charge in [-0.1, -0.05) is 0 Å². The highest BCUT2D eigenvalue weighted by molar-refractivity contribution is 7.20. The molecule has 4 rings (SSSR count). The Bertz CT molecular complexity index is 983. The number of aryl methyl sites for hydroxylation is 2. The molecule has 0 radical (unpaired) electrons. The van der Waals surface area contributed by atoms with Crippen LogP contribution in [0.1, 0.15) is 25.7 Å². The second-order valence-corrected chi connectivity index (χ2v) is 7.74. The lowest BCUT2D eigenvalue weighted by molar-refractivity contribution is 0.0740. The van der Waals surface area contributed by atoms with Crippen LogP contribution in [-0.4, -0.2) is 26.9 Å². The van der Waals surface area contributed by atoms with Gasteiger partial charge in [-0.2, -0.15) is 0 Å². The van der Waals surface area contributed by atoms with E-state index >= 15 is 0 Å². The molecule has 0 aromatic carbocycles. The first kappa shape index (κ1) is 14.6. The molecule has 0 aliphatic carbocycles. The van der Waals surface area contributed by atoms with Gasteiger partial charge in [0.15, 0.2) is 0 Å². The molecule has 5 nitrogen and oxygen atoms in total. The van der Waals surface area contributed by atoms with Gasteiger partial charge in [-0.3, -0.25) is 9.59 Å². The lowest BCUT2D eigenvalue weighted by atomic mass is 10.1. The Balaban J connectivity index is 1.75. The van der Waals surface area contributed by atoms with Crippen molar-refractivity contribution in [2.24, 2.45) is 7.05 Å². The summed E-state index contributed by atoms with van der Waals surface area (Å²) in [5.74, 6) is 0.00408. The molecular formula is C16H15N3O2S2. The van der Waals surface area contributed by atoms with E-state index in [1.807, 2.05) is 11.8 Å². The van der Waals surface area contributed by atoms with Gasteiger partial charge >= 0.3 is 0 Å². The predicted octanol–water partition coefficient (Wildman–Crippen LogP) is 2.56. The summed E-state index contributed by atoms with van der Waals surface area (Å²) in [5, 5.41) is 2.65. The fraction of sp³-hybridized carbons (Fsp3) is 0.312. The smallest absolute Gasteiger partial charge is 0.264 e. The number of amides is 1. The standard InChI is InChI=1S/C16H15N3O2S2/c1-9-12-14(17-8-18(2)15(12)20)23-13(9)16(21)19-5-3-11-10(7-19)4-6-22-11/h4,6,8H,3,5,7H2,1-2H3. The normalized spacial score (nSPS) is 14.3. The quantitative estimate of drug-likeness (QED) is 0.681. The van der Waals surface area contributed by atoms with E-state index in [9.17, 15) is 9.59 Å². The molecule has 3 aromatic heterocycles. The Morgan fingerprint density at radius 3 is 3.04 bits per heavy atom. The van der Waals surface area contributed by atoms with E-state index in [1.54, 1.807) is 18.4 Å². The Hall–Kier alpha value is -1.99. The van der Waals surface area contributed by atoms with Crippen LogP contribution in [-0.2, 0) is 20.0 Å². The number of nitrogens with zero attached hydrogens (tertiary/aromatic N) is 3. The van der Waals surface area contributed by atoms with E-state index in [0.717, 1.165) is 18.5 Å². The first-order chi connectivity index (χ1) is 11.1. The third-order valence-corrected chi connectivity index (χ3v) is 6.51. The molecule has 1 amide bonds. The summed E-state index contributed by atoms with van der Waals surface area (Å²) in [6, 6.07) is 2.09. The summed E-state index contributed by atoms with van der Waals surface area (Å²) in [7, 11) is 1.68. The molecule has 7 heteroatoms. The van der Waals surface area contributed by atoms with Crippen LogP contribution in [0, 0.1) is 6.92 Å². The molecule has 4 heterocycles. The summed E-state index contributed by atoms with van der Waals surface area (Å²) in [6.07, 6.45) is 2.41. The SMILES string of the molecule is Cc1c(C(=O)N2CCc3sccc3C2)sc2ncn(C)c(=O)c12. The van der Waals surface area contributed by atoms with E-state index in [-0.39, 0.29) is 11.5 Å². The molecule has 0 atom stereocenters. The van der Waals surface area contributed by atoms with E-state index in [2.05, 4.69) is 16.4 Å². The lowest BCUT2D eigenvalue weighted by Gasteiger charge is -2.26. The third kappa shape index (κ3) is 2.22. The average Bonchev–Trinajstić information content (AvgIpc) is 3.14. The topological polar surface area (TPSA) is 55.2 Å². The van der Waals surface area contributed by atoms with E-state index in [4.69, 9.17) is 0 Å². The van der Waals surface area contributed by atoms with E-state index in [1.165, 1.54) is 32.7 Å². The fourth-order valence-electron chi connectivity index (χ4n) is 2.98. The molecule has 1 aliphatic heterocycles. The van der Waals surface area contributed by atoms with Gasteiger partial charge in [-0.15, -0.1) is 22.7 Å². The largest absolute Gasteiger partial charge is 0.333 e. The minimum absolute atomic E-state index is 0.00408. The number of carbonyl (C=O) groups is 1. The average molecular weight is 345 g/mol.